The van der Waals surface area contributed by atoms with Crippen molar-refractivity contribution >= 4 is 0 Å². The lowest BCUT2D eigenvalue weighted by molar-refractivity contribution is 0.503. The lowest BCUT2D eigenvalue weighted by Crippen LogP contribution is -2.29. The quantitative estimate of drug-likeness (QED) is 0.655. The van der Waals surface area contributed by atoms with Gasteiger partial charge in [0.05, 0.1) is 11.7 Å². The largest absolute Gasteiger partial charge is 0.275 e. The van der Waals surface area contributed by atoms with Crippen LogP contribution in [-0.4, -0.2) is 9.78 Å². The van der Waals surface area contributed by atoms with Crippen LogP contribution in [0.2, 0.25) is 0 Å². The Labute approximate surface area is 110 Å². The van der Waals surface area contributed by atoms with Crippen LogP contribution in [0.5, 0.6) is 0 Å². The second-order valence-corrected chi connectivity index (χ2v) is 4.33. The third kappa shape index (κ3) is 2.64. The molecule has 102 valence electrons. The molecule has 1 atom stereocenters. The highest BCUT2D eigenvalue weighted by Gasteiger charge is 2.19. The Morgan fingerprint density at radius 3 is 2.68 bits per heavy atom. The number of rotatable bonds is 4. The van der Waals surface area contributed by atoms with Crippen molar-refractivity contribution in [3.05, 3.63) is 52.9 Å². The molecule has 0 bridgehead atoms. The van der Waals surface area contributed by atoms with Crippen LogP contribution in [-0.2, 0) is 13.5 Å². The van der Waals surface area contributed by atoms with Gasteiger partial charge in [-0.05, 0) is 24.1 Å². The van der Waals surface area contributed by atoms with Crippen molar-refractivity contribution < 1.29 is 8.78 Å². The Hall–Kier alpha value is -1.79. The molecule has 1 aromatic heterocycles. The van der Waals surface area contributed by atoms with E-state index < -0.39 is 17.7 Å². The zero-order chi connectivity index (χ0) is 14.0. The summed E-state index contributed by atoms with van der Waals surface area (Å²) >= 11 is 0. The maximum atomic E-state index is 13.3. The van der Waals surface area contributed by atoms with Crippen molar-refractivity contribution in [2.24, 2.45) is 12.9 Å². The highest BCUT2D eigenvalue weighted by Crippen LogP contribution is 2.25. The summed E-state index contributed by atoms with van der Waals surface area (Å²) in [6, 6.07) is 3.33. The van der Waals surface area contributed by atoms with Crippen LogP contribution in [0.1, 0.15) is 29.8 Å². The van der Waals surface area contributed by atoms with Crippen molar-refractivity contribution in [3.63, 3.8) is 0 Å². The number of halogens is 2. The van der Waals surface area contributed by atoms with E-state index in [1.54, 1.807) is 4.68 Å². The van der Waals surface area contributed by atoms with E-state index in [1.165, 1.54) is 6.07 Å². The van der Waals surface area contributed by atoms with E-state index in [1.807, 2.05) is 20.2 Å². The van der Waals surface area contributed by atoms with Gasteiger partial charge >= 0.3 is 0 Å². The third-order valence-electron chi connectivity index (χ3n) is 3.03. The first-order valence-electron chi connectivity index (χ1n) is 6.00. The molecule has 0 saturated heterocycles. The van der Waals surface area contributed by atoms with Crippen molar-refractivity contribution in [1.29, 1.82) is 0 Å². The second-order valence-electron chi connectivity index (χ2n) is 4.33. The Kier molecular flexibility index (Phi) is 3.92. The first-order valence-corrected chi connectivity index (χ1v) is 6.00. The van der Waals surface area contributed by atoms with Crippen LogP contribution < -0.4 is 11.3 Å². The predicted octanol–water partition coefficient (Wildman–Crippen LogP) is 1.81. The van der Waals surface area contributed by atoms with E-state index in [0.29, 0.717) is 5.56 Å². The summed E-state index contributed by atoms with van der Waals surface area (Å²) in [5, 5.41) is 4.32. The molecule has 0 spiro atoms. The number of aryl methyl sites for hydroxylation is 2. The number of nitrogens with two attached hydrogens (primary N) is 1. The molecule has 1 heterocycles. The van der Waals surface area contributed by atoms with Crippen LogP contribution in [0.3, 0.4) is 0 Å². The fourth-order valence-corrected chi connectivity index (χ4v) is 2.13. The van der Waals surface area contributed by atoms with Gasteiger partial charge in [-0.3, -0.25) is 10.5 Å². The third-order valence-corrected chi connectivity index (χ3v) is 3.03. The molecule has 0 fully saturated rings. The summed E-state index contributed by atoms with van der Waals surface area (Å²) in [6.07, 6.45) is 2.56. The van der Waals surface area contributed by atoms with Crippen LogP contribution in [0.4, 0.5) is 8.78 Å². The van der Waals surface area contributed by atoms with E-state index in [0.717, 1.165) is 29.8 Å². The molecule has 1 unspecified atom stereocenters. The molecule has 4 nitrogen and oxygen atoms in total. The Balaban J connectivity index is 2.46. The minimum atomic E-state index is -0.889. The molecule has 2 aromatic rings. The first-order chi connectivity index (χ1) is 9.06. The monoisotopic (exact) mass is 266 g/mol. The predicted molar refractivity (Wildman–Crippen MR) is 68.1 cm³/mol. The van der Waals surface area contributed by atoms with Crippen LogP contribution in [0.15, 0.2) is 24.4 Å². The lowest BCUT2D eigenvalue weighted by Gasteiger charge is -2.16. The van der Waals surface area contributed by atoms with Gasteiger partial charge in [0.2, 0.25) is 0 Å². The average Bonchev–Trinajstić information content (AvgIpc) is 2.76. The number of nitrogens with one attached hydrogen (secondary N) is 1. The summed E-state index contributed by atoms with van der Waals surface area (Å²) in [7, 11) is 1.81. The number of benzene rings is 1. The van der Waals surface area contributed by atoms with Crippen LogP contribution in [0.25, 0.3) is 0 Å². The van der Waals surface area contributed by atoms with Gasteiger partial charge in [-0.1, -0.05) is 13.0 Å². The van der Waals surface area contributed by atoms with Gasteiger partial charge in [0, 0.05) is 18.8 Å². The SMILES string of the molecule is CCc1nn(C)cc1C(NN)c1ccc(F)c(F)c1. The summed E-state index contributed by atoms with van der Waals surface area (Å²) < 4.78 is 28.0. The standard InChI is InChI=1S/C13H16F2N4/c1-3-12-9(7-19(2)18-12)13(17-16)8-4-5-10(14)11(15)6-8/h4-7,13,17H,3,16H2,1-2H3. The van der Waals surface area contributed by atoms with Gasteiger partial charge in [0.15, 0.2) is 11.6 Å². The van der Waals surface area contributed by atoms with Gasteiger partial charge in [0.1, 0.15) is 0 Å². The number of aromatic nitrogens is 2. The van der Waals surface area contributed by atoms with E-state index >= 15 is 0 Å². The molecule has 0 saturated carbocycles. The normalized spacial score (nSPS) is 12.7. The van der Waals surface area contributed by atoms with Gasteiger partial charge in [-0.15, -0.1) is 0 Å². The zero-order valence-corrected chi connectivity index (χ0v) is 10.8. The second kappa shape index (κ2) is 5.46. The first kappa shape index (κ1) is 13.6. The Bertz CT molecular complexity index is 580. The molecule has 0 aliphatic carbocycles. The topological polar surface area (TPSA) is 55.9 Å². The maximum Gasteiger partial charge on any atom is 0.159 e. The molecule has 3 N–H and O–H groups in total. The molecule has 0 aliphatic heterocycles. The number of nitrogens with zero attached hydrogens (tertiary/aromatic N) is 2. The molecule has 0 aliphatic rings. The minimum Gasteiger partial charge on any atom is -0.275 e. The number of hydrogen-bond acceptors (Lipinski definition) is 3. The molecule has 0 amide bonds. The van der Waals surface area contributed by atoms with Crippen LogP contribution >= 0.6 is 0 Å². The van der Waals surface area contributed by atoms with E-state index in [4.69, 9.17) is 5.84 Å². The molecule has 2 rings (SSSR count). The summed E-state index contributed by atoms with van der Waals surface area (Å²) in [5.41, 5.74) is 4.92. The Morgan fingerprint density at radius 1 is 1.37 bits per heavy atom. The van der Waals surface area contributed by atoms with E-state index in [9.17, 15) is 8.78 Å². The van der Waals surface area contributed by atoms with Crippen molar-refractivity contribution in [2.75, 3.05) is 0 Å². The fourth-order valence-electron chi connectivity index (χ4n) is 2.13. The average molecular weight is 266 g/mol. The van der Waals surface area contributed by atoms with Crippen molar-refractivity contribution in [2.45, 2.75) is 19.4 Å². The number of hydrazine groups is 1. The van der Waals surface area contributed by atoms with Crippen molar-refractivity contribution in [1.82, 2.24) is 15.2 Å². The summed E-state index contributed by atoms with van der Waals surface area (Å²) in [5.74, 6) is 3.79. The lowest BCUT2D eigenvalue weighted by atomic mass is 9.99. The van der Waals surface area contributed by atoms with Crippen molar-refractivity contribution in [3.8, 4) is 0 Å². The molecule has 19 heavy (non-hydrogen) atoms. The molecular formula is C13H16F2N4. The summed E-state index contributed by atoms with van der Waals surface area (Å²) in [4.78, 5) is 0. The Morgan fingerprint density at radius 2 is 2.11 bits per heavy atom. The van der Waals surface area contributed by atoms with Gasteiger partial charge < -0.3 is 0 Å². The molecule has 0 radical (unpaired) electrons. The molecule has 6 heteroatoms. The highest BCUT2D eigenvalue weighted by molar-refractivity contribution is 5.33. The number of hydrogen-bond donors (Lipinski definition) is 2. The minimum absolute atomic E-state index is 0.418. The van der Waals surface area contributed by atoms with Gasteiger partial charge in [0.25, 0.3) is 0 Å². The smallest absolute Gasteiger partial charge is 0.159 e. The fraction of sp³-hybridized carbons (Fsp3) is 0.308. The van der Waals surface area contributed by atoms with Crippen LogP contribution in [0, 0.1) is 11.6 Å². The van der Waals surface area contributed by atoms with Gasteiger partial charge in [-0.2, -0.15) is 5.10 Å². The van der Waals surface area contributed by atoms with E-state index in [2.05, 4.69) is 10.5 Å². The van der Waals surface area contributed by atoms with Gasteiger partial charge in [-0.25, -0.2) is 14.2 Å². The highest BCUT2D eigenvalue weighted by atomic mass is 19.2. The van der Waals surface area contributed by atoms with E-state index in [-0.39, 0.29) is 0 Å². The molecule has 1 aromatic carbocycles. The maximum absolute atomic E-state index is 13.3. The molecular weight excluding hydrogens is 250 g/mol. The summed E-state index contributed by atoms with van der Waals surface area (Å²) in [6.45, 7) is 1.98. The zero-order valence-electron chi connectivity index (χ0n) is 10.8.